The van der Waals surface area contributed by atoms with Gasteiger partial charge in [-0.3, -0.25) is 0 Å². The molecule has 1 aliphatic rings. The fraction of sp³-hybridized carbons (Fsp3) is 0.156. The second-order valence-corrected chi connectivity index (χ2v) is 14.4. The Labute approximate surface area is 270 Å². The van der Waals surface area contributed by atoms with E-state index in [1.807, 2.05) is 0 Å². The van der Waals surface area contributed by atoms with Crippen molar-refractivity contribution in [2.75, 3.05) is 0 Å². The minimum Gasteiger partial charge on any atom is -0.309 e. The van der Waals surface area contributed by atoms with Crippen molar-refractivity contribution < 1.29 is 0 Å². The highest BCUT2D eigenvalue weighted by Crippen LogP contribution is 2.45. The van der Waals surface area contributed by atoms with E-state index in [0.717, 1.165) is 6.42 Å². The van der Waals surface area contributed by atoms with Crippen LogP contribution in [0.15, 0.2) is 133 Å². The average Bonchev–Trinajstić information content (AvgIpc) is 3.42. The molecular weight excluding hydrogens is 555 g/mol. The van der Waals surface area contributed by atoms with Crippen LogP contribution in [-0.2, 0) is 10.8 Å². The average molecular weight is 592 g/mol. The summed E-state index contributed by atoms with van der Waals surface area (Å²) in [6.45, 7) is 9.36. The van der Waals surface area contributed by atoms with Crippen LogP contribution >= 0.6 is 0 Å². The smallest absolute Gasteiger partial charge is 0.0541 e. The monoisotopic (exact) mass is 591 g/mol. The lowest BCUT2D eigenvalue weighted by Gasteiger charge is -2.35. The molecule has 1 unspecified atom stereocenters. The Hall–Kier alpha value is -5.14. The largest absolute Gasteiger partial charge is 0.309 e. The van der Waals surface area contributed by atoms with Gasteiger partial charge in [0.15, 0.2) is 0 Å². The van der Waals surface area contributed by atoms with Gasteiger partial charge in [0.25, 0.3) is 0 Å². The van der Waals surface area contributed by atoms with Crippen LogP contribution in [-0.4, -0.2) is 4.57 Å². The highest BCUT2D eigenvalue weighted by Gasteiger charge is 2.33. The number of hydrogen-bond acceptors (Lipinski definition) is 0. The lowest BCUT2D eigenvalue weighted by atomic mass is 9.68. The van der Waals surface area contributed by atoms with E-state index in [4.69, 9.17) is 0 Å². The van der Waals surface area contributed by atoms with E-state index < -0.39 is 0 Å². The Balaban J connectivity index is 1.25. The van der Waals surface area contributed by atoms with Gasteiger partial charge in [0.1, 0.15) is 0 Å². The van der Waals surface area contributed by atoms with Crippen LogP contribution in [0.2, 0.25) is 0 Å². The summed E-state index contributed by atoms with van der Waals surface area (Å²) in [5, 5.41) is 9.34. The van der Waals surface area contributed by atoms with Crippen LogP contribution < -0.4 is 5.22 Å². The molecule has 7 aromatic carbocycles. The maximum absolute atomic E-state index is 2.47. The number of rotatable bonds is 3. The molecule has 222 valence electrons. The molecule has 46 heavy (non-hydrogen) atoms. The number of para-hydroxylation sites is 2. The molecule has 1 aliphatic carbocycles. The number of aromatic nitrogens is 1. The van der Waals surface area contributed by atoms with Crippen LogP contribution in [0.25, 0.3) is 66.2 Å². The first-order valence-electron chi connectivity index (χ1n) is 16.5. The summed E-state index contributed by atoms with van der Waals surface area (Å²) in [4.78, 5) is 0. The van der Waals surface area contributed by atoms with Crippen molar-refractivity contribution in [1.29, 1.82) is 0 Å². The van der Waals surface area contributed by atoms with Crippen LogP contribution in [0.4, 0.5) is 0 Å². The molecule has 0 fully saturated rings. The fourth-order valence-corrected chi connectivity index (χ4v) is 8.10. The minimum atomic E-state index is -0.0941. The number of hydrogen-bond donors (Lipinski definition) is 0. The highest BCUT2D eigenvalue weighted by atomic mass is 15.0. The molecule has 8 aromatic rings. The van der Waals surface area contributed by atoms with E-state index in [9.17, 15) is 0 Å². The van der Waals surface area contributed by atoms with Crippen LogP contribution in [0.1, 0.15) is 50.8 Å². The van der Waals surface area contributed by atoms with E-state index >= 15 is 0 Å². The lowest BCUT2D eigenvalue weighted by molar-refractivity contribution is 0.571. The molecule has 1 nitrogen and oxygen atoms in total. The molecule has 0 saturated carbocycles. The zero-order valence-electron chi connectivity index (χ0n) is 26.9. The van der Waals surface area contributed by atoms with Gasteiger partial charge in [-0.1, -0.05) is 143 Å². The molecule has 1 atom stereocenters. The SMILES string of the molecule is CC(C)(C)c1cccc(C2(C)CC=c3ccc4c(-c5cccc(-n6c7ccccc7c7ccccc76)c5)ccc5ccc2c3c54)c1. The molecule has 0 spiro atoms. The molecular formula is C45H37N. The summed E-state index contributed by atoms with van der Waals surface area (Å²) < 4.78 is 2.41. The van der Waals surface area contributed by atoms with Crippen molar-refractivity contribution in [3.63, 3.8) is 0 Å². The summed E-state index contributed by atoms with van der Waals surface area (Å²) >= 11 is 0. The second-order valence-electron chi connectivity index (χ2n) is 14.4. The number of nitrogens with zero attached hydrogens (tertiary/aromatic N) is 1. The Kier molecular flexibility index (Phi) is 5.72. The van der Waals surface area contributed by atoms with Crippen molar-refractivity contribution in [2.45, 2.75) is 44.9 Å². The van der Waals surface area contributed by atoms with Crippen LogP contribution in [0.5, 0.6) is 0 Å². The Morgan fingerprint density at radius 2 is 1.33 bits per heavy atom. The number of benzene rings is 7. The normalized spacial score (nSPS) is 16.4. The van der Waals surface area contributed by atoms with E-state index in [-0.39, 0.29) is 10.8 Å². The molecule has 0 bridgehead atoms. The predicted molar refractivity (Wildman–Crippen MR) is 197 cm³/mol. The third-order valence-electron chi connectivity index (χ3n) is 10.6. The van der Waals surface area contributed by atoms with Gasteiger partial charge in [-0.2, -0.15) is 0 Å². The maximum Gasteiger partial charge on any atom is 0.0541 e. The van der Waals surface area contributed by atoms with Crippen molar-refractivity contribution in [3.8, 4) is 16.8 Å². The van der Waals surface area contributed by atoms with E-state index in [0.29, 0.717) is 0 Å². The van der Waals surface area contributed by atoms with Gasteiger partial charge in [0, 0.05) is 21.9 Å². The van der Waals surface area contributed by atoms with Gasteiger partial charge in [0.05, 0.1) is 11.0 Å². The van der Waals surface area contributed by atoms with Crippen molar-refractivity contribution in [3.05, 3.63) is 155 Å². The summed E-state index contributed by atoms with van der Waals surface area (Å²) in [5.74, 6) is 0. The zero-order valence-corrected chi connectivity index (χ0v) is 26.9. The van der Waals surface area contributed by atoms with E-state index in [2.05, 4.69) is 172 Å². The first-order chi connectivity index (χ1) is 22.3. The first-order valence-corrected chi connectivity index (χ1v) is 16.5. The molecule has 9 rings (SSSR count). The summed E-state index contributed by atoms with van der Waals surface area (Å²) in [6.07, 6.45) is 3.47. The van der Waals surface area contributed by atoms with Crippen molar-refractivity contribution in [1.82, 2.24) is 4.57 Å². The summed E-state index contributed by atoms with van der Waals surface area (Å²) in [5.41, 5.74) is 10.4. The molecule has 0 N–H and O–H groups in total. The number of fused-ring (bicyclic) bond motifs is 3. The topological polar surface area (TPSA) is 4.93 Å². The van der Waals surface area contributed by atoms with Gasteiger partial charge < -0.3 is 4.57 Å². The third-order valence-corrected chi connectivity index (χ3v) is 10.6. The Morgan fingerprint density at radius 3 is 2.09 bits per heavy atom. The standard InChI is InChI=1S/C45H37N/c1-44(2,3)32-12-10-13-33(28-32)45(4)26-25-30-20-23-38-35(22-19-29-21-24-39(45)43(30)42(29)38)31-11-9-14-34(27-31)46-40-17-7-5-15-36(40)37-16-6-8-18-41(37)46/h5-25,27-28H,26H2,1-4H3. The first kappa shape index (κ1) is 27.2. The predicted octanol–water partition coefficient (Wildman–Crippen LogP) is 11.3. The lowest BCUT2D eigenvalue weighted by Crippen LogP contribution is -2.29. The zero-order chi connectivity index (χ0) is 31.2. The molecule has 1 heterocycles. The van der Waals surface area contributed by atoms with Gasteiger partial charge in [-0.25, -0.2) is 0 Å². The Bertz CT molecular complexity index is 2500. The molecule has 0 saturated heterocycles. The van der Waals surface area contributed by atoms with Crippen molar-refractivity contribution >= 4 is 49.4 Å². The van der Waals surface area contributed by atoms with Crippen LogP contribution in [0, 0.1) is 0 Å². The molecule has 0 aliphatic heterocycles. The van der Waals surface area contributed by atoms with Gasteiger partial charge in [0.2, 0.25) is 0 Å². The van der Waals surface area contributed by atoms with Gasteiger partial charge in [-0.05, 0) is 90.7 Å². The minimum absolute atomic E-state index is 0.0941. The van der Waals surface area contributed by atoms with E-state index in [1.165, 1.54) is 82.1 Å². The van der Waals surface area contributed by atoms with Gasteiger partial charge in [-0.15, -0.1) is 0 Å². The van der Waals surface area contributed by atoms with Crippen molar-refractivity contribution in [2.24, 2.45) is 0 Å². The second kappa shape index (κ2) is 9.68. The summed E-state index contributed by atoms with van der Waals surface area (Å²) in [7, 11) is 0. The van der Waals surface area contributed by atoms with Crippen LogP contribution in [0.3, 0.4) is 0 Å². The maximum atomic E-state index is 2.47. The molecule has 1 aromatic heterocycles. The van der Waals surface area contributed by atoms with E-state index in [1.54, 1.807) is 0 Å². The highest BCUT2D eigenvalue weighted by molar-refractivity contribution is 6.17. The molecule has 1 heteroatoms. The quantitative estimate of drug-likeness (QED) is 0.193. The molecule has 0 radical (unpaired) electrons. The Morgan fingerprint density at radius 1 is 0.609 bits per heavy atom. The molecule has 0 amide bonds. The fourth-order valence-electron chi connectivity index (χ4n) is 8.10. The third kappa shape index (κ3) is 3.88. The summed E-state index contributed by atoms with van der Waals surface area (Å²) in [6, 6.07) is 50.0. The van der Waals surface area contributed by atoms with Gasteiger partial charge >= 0.3 is 0 Å².